The second kappa shape index (κ2) is 9.05. The molecule has 1 aliphatic heterocycles. The van der Waals surface area contributed by atoms with Crippen LogP contribution in [0.4, 0.5) is 8.78 Å². The zero-order valence-electron chi connectivity index (χ0n) is 17.3. The van der Waals surface area contributed by atoms with Crippen molar-refractivity contribution in [2.45, 2.75) is 17.8 Å². The number of rotatable bonds is 4. The van der Waals surface area contributed by atoms with E-state index in [0.717, 1.165) is 16.2 Å². The SMILES string of the molecule is CC(c1cnc([C@@]2(F)CN(C(=O)c3ccc(Br)c(Cl)c3)CCS2(=O)=O)s1)c1ccccc1F. The summed E-state index contributed by atoms with van der Waals surface area (Å²) in [5.41, 5.74) is 0.619. The minimum absolute atomic E-state index is 0.148. The molecule has 4 rings (SSSR count). The second-order valence-electron chi connectivity index (χ2n) is 7.71. The van der Waals surface area contributed by atoms with Crippen LogP contribution in [-0.2, 0) is 14.8 Å². The van der Waals surface area contributed by atoms with Crippen molar-refractivity contribution in [3.63, 3.8) is 0 Å². The van der Waals surface area contributed by atoms with Gasteiger partial charge in [0.2, 0.25) is 0 Å². The Hall–Kier alpha value is -1.88. The molecule has 0 radical (unpaired) electrons. The summed E-state index contributed by atoms with van der Waals surface area (Å²) in [4.78, 5) is 18.7. The lowest BCUT2D eigenvalue weighted by atomic mass is 10.00. The van der Waals surface area contributed by atoms with Gasteiger partial charge in [-0.2, -0.15) is 0 Å². The highest BCUT2D eigenvalue weighted by molar-refractivity contribution is 9.10. The highest BCUT2D eigenvalue weighted by atomic mass is 79.9. The van der Waals surface area contributed by atoms with Crippen LogP contribution in [0.5, 0.6) is 0 Å². The summed E-state index contributed by atoms with van der Waals surface area (Å²) in [5, 5.41) is -2.83. The van der Waals surface area contributed by atoms with Crippen molar-refractivity contribution in [2.24, 2.45) is 0 Å². The van der Waals surface area contributed by atoms with Gasteiger partial charge < -0.3 is 4.90 Å². The van der Waals surface area contributed by atoms with E-state index in [0.29, 0.717) is 19.9 Å². The Balaban J connectivity index is 1.65. The van der Waals surface area contributed by atoms with Crippen LogP contribution in [0.15, 0.2) is 53.1 Å². The minimum Gasteiger partial charge on any atom is -0.333 e. The molecule has 1 aromatic heterocycles. The molecule has 2 heterocycles. The zero-order chi connectivity index (χ0) is 24.0. The van der Waals surface area contributed by atoms with Crippen LogP contribution in [0.2, 0.25) is 5.02 Å². The van der Waals surface area contributed by atoms with Gasteiger partial charge in [-0.25, -0.2) is 22.2 Å². The standard InChI is InChI=1S/C22H18BrClF2N2O3S2/c1-13(15-4-2-3-5-18(15)25)19-11-27-21(32-19)22(26)12-28(8-9-33(22,30)31)20(29)14-6-7-16(23)17(24)10-14/h2-7,10-11,13H,8-9,12H2,1H3/t13?,22-/m1/s1. The number of hydrogen-bond acceptors (Lipinski definition) is 5. The van der Waals surface area contributed by atoms with Crippen LogP contribution in [0.1, 0.15) is 38.6 Å². The molecule has 0 saturated carbocycles. The van der Waals surface area contributed by atoms with Crippen LogP contribution in [0, 0.1) is 5.82 Å². The number of alkyl halides is 1. The van der Waals surface area contributed by atoms with Gasteiger partial charge in [-0.05, 0) is 45.8 Å². The normalized spacial score (nSPS) is 21.1. The van der Waals surface area contributed by atoms with Crippen LogP contribution in [-0.4, -0.2) is 43.1 Å². The molecule has 1 amide bonds. The third-order valence-corrected chi connectivity index (χ3v) is 10.3. The lowest BCUT2D eigenvalue weighted by molar-refractivity contribution is 0.0666. The zero-order valence-corrected chi connectivity index (χ0v) is 21.2. The molecule has 0 aliphatic carbocycles. The fourth-order valence-electron chi connectivity index (χ4n) is 3.64. The number of halogens is 4. The fourth-order valence-corrected chi connectivity index (χ4v) is 6.98. The van der Waals surface area contributed by atoms with E-state index in [1.807, 2.05) is 0 Å². The molecule has 0 N–H and O–H groups in total. The summed E-state index contributed by atoms with van der Waals surface area (Å²) in [6.45, 7) is 0.899. The second-order valence-corrected chi connectivity index (χ2v) is 12.3. The topological polar surface area (TPSA) is 67.3 Å². The van der Waals surface area contributed by atoms with Crippen molar-refractivity contribution >= 4 is 54.6 Å². The molecule has 1 saturated heterocycles. The van der Waals surface area contributed by atoms with E-state index in [4.69, 9.17) is 11.6 Å². The molecule has 1 fully saturated rings. The molecule has 0 spiro atoms. The van der Waals surface area contributed by atoms with E-state index in [-0.39, 0.29) is 17.1 Å². The predicted octanol–water partition coefficient (Wildman–Crippen LogP) is 5.54. The molecule has 5 nitrogen and oxygen atoms in total. The van der Waals surface area contributed by atoms with Crippen molar-refractivity contribution in [2.75, 3.05) is 18.8 Å². The molecule has 3 aromatic rings. The summed E-state index contributed by atoms with van der Waals surface area (Å²) in [7, 11) is -4.25. The molecular weight excluding hydrogens is 558 g/mol. The van der Waals surface area contributed by atoms with E-state index < -0.39 is 44.8 Å². The number of carbonyl (C=O) groups excluding carboxylic acids is 1. The Morgan fingerprint density at radius 3 is 2.73 bits per heavy atom. The van der Waals surface area contributed by atoms with E-state index >= 15 is 4.39 Å². The van der Waals surface area contributed by atoms with Crippen LogP contribution in [0.25, 0.3) is 0 Å². The number of hydrogen-bond donors (Lipinski definition) is 0. The molecule has 33 heavy (non-hydrogen) atoms. The maximum atomic E-state index is 16.2. The lowest BCUT2D eigenvalue weighted by Crippen LogP contribution is -2.53. The number of aromatic nitrogens is 1. The Kier molecular flexibility index (Phi) is 6.65. The van der Waals surface area contributed by atoms with Gasteiger partial charge in [-0.3, -0.25) is 4.79 Å². The minimum atomic E-state index is -4.25. The first-order chi connectivity index (χ1) is 15.5. The summed E-state index contributed by atoms with van der Waals surface area (Å²) in [5.74, 6) is -1.94. The van der Waals surface area contributed by atoms with Gasteiger partial charge in [-0.1, -0.05) is 36.7 Å². The van der Waals surface area contributed by atoms with Crippen LogP contribution < -0.4 is 0 Å². The maximum absolute atomic E-state index is 16.2. The van der Waals surface area contributed by atoms with Crippen molar-refractivity contribution in [1.29, 1.82) is 0 Å². The molecule has 1 unspecified atom stereocenters. The molecule has 0 bridgehead atoms. The van der Waals surface area contributed by atoms with E-state index in [1.165, 1.54) is 24.4 Å². The lowest BCUT2D eigenvalue weighted by Gasteiger charge is -2.35. The average molecular weight is 576 g/mol. The Bertz CT molecular complexity index is 1330. The molecule has 174 valence electrons. The molecule has 2 atom stereocenters. The first kappa shape index (κ1) is 24.3. The third kappa shape index (κ3) is 4.45. The summed E-state index contributed by atoms with van der Waals surface area (Å²) < 4.78 is 56.5. The van der Waals surface area contributed by atoms with Crippen LogP contribution >= 0.6 is 38.9 Å². The molecule has 1 aliphatic rings. The van der Waals surface area contributed by atoms with Crippen molar-refractivity contribution in [3.05, 3.63) is 85.0 Å². The number of thiazole rings is 1. The Labute approximate surface area is 207 Å². The van der Waals surface area contributed by atoms with Gasteiger partial charge >= 0.3 is 0 Å². The van der Waals surface area contributed by atoms with E-state index in [2.05, 4.69) is 20.9 Å². The highest BCUT2D eigenvalue weighted by Gasteiger charge is 2.53. The maximum Gasteiger partial charge on any atom is 0.278 e. The Morgan fingerprint density at radius 2 is 2.03 bits per heavy atom. The van der Waals surface area contributed by atoms with Gasteiger partial charge in [0.1, 0.15) is 10.8 Å². The number of amides is 1. The van der Waals surface area contributed by atoms with Gasteiger partial charge in [0.05, 0.1) is 17.3 Å². The Morgan fingerprint density at radius 1 is 1.30 bits per heavy atom. The molecule has 2 aromatic carbocycles. The van der Waals surface area contributed by atoms with Gasteiger partial charge in [0.25, 0.3) is 10.9 Å². The van der Waals surface area contributed by atoms with Gasteiger partial charge in [0.15, 0.2) is 9.84 Å². The van der Waals surface area contributed by atoms with Crippen molar-refractivity contribution < 1.29 is 22.0 Å². The first-order valence-electron chi connectivity index (χ1n) is 9.89. The van der Waals surface area contributed by atoms with Crippen molar-refractivity contribution in [1.82, 2.24) is 9.88 Å². The summed E-state index contributed by atoms with van der Waals surface area (Å²) in [6.07, 6.45) is 1.36. The van der Waals surface area contributed by atoms with E-state index in [9.17, 15) is 17.6 Å². The fraction of sp³-hybridized carbons (Fsp3) is 0.273. The number of benzene rings is 2. The monoisotopic (exact) mass is 574 g/mol. The third-order valence-electron chi connectivity index (χ3n) is 5.61. The van der Waals surface area contributed by atoms with Gasteiger partial charge in [0, 0.05) is 33.6 Å². The van der Waals surface area contributed by atoms with Gasteiger partial charge in [-0.15, -0.1) is 11.3 Å². The first-order valence-corrected chi connectivity index (χ1v) is 13.5. The number of nitrogens with zero attached hydrogens (tertiary/aromatic N) is 2. The quantitative estimate of drug-likeness (QED) is 0.410. The average Bonchev–Trinajstić information content (AvgIpc) is 3.28. The number of sulfone groups is 1. The largest absolute Gasteiger partial charge is 0.333 e. The van der Waals surface area contributed by atoms with E-state index in [1.54, 1.807) is 31.2 Å². The smallest absolute Gasteiger partial charge is 0.278 e. The predicted molar refractivity (Wildman–Crippen MR) is 128 cm³/mol. The van der Waals surface area contributed by atoms with Crippen LogP contribution in [0.3, 0.4) is 0 Å². The summed E-state index contributed by atoms with van der Waals surface area (Å²) >= 11 is 10.2. The molecular formula is C22H18BrClF2N2O3S2. The molecule has 11 heteroatoms. The summed E-state index contributed by atoms with van der Waals surface area (Å²) in [6, 6.07) is 10.8. The highest BCUT2D eigenvalue weighted by Crippen LogP contribution is 2.41. The van der Waals surface area contributed by atoms with Crippen molar-refractivity contribution in [3.8, 4) is 0 Å². The number of carbonyl (C=O) groups is 1.